The second kappa shape index (κ2) is 8.03. The van der Waals surface area contributed by atoms with E-state index >= 15 is 0 Å². The zero-order valence-electron chi connectivity index (χ0n) is 16.1. The molecule has 140 valence electrons. The molecule has 0 bridgehead atoms. The summed E-state index contributed by atoms with van der Waals surface area (Å²) in [6.45, 7) is 4.03. The first-order valence-electron chi connectivity index (χ1n) is 8.83. The number of benzene rings is 2. The third-order valence-corrected chi connectivity index (χ3v) is 4.81. The molecule has 0 spiro atoms. The minimum absolute atomic E-state index is 0.0434. The molecular weight excluding hydrogens is 340 g/mol. The van der Waals surface area contributed by atoms with Gasteiger partial charge in [0.1, 0.15) is 18.4 Å². The van der Waals surface area contributed by atoms with Crippen LogP contribution in [0, 0.1) is 6.92 Å². The van der Waals surface area contributed by atoms with Gasteiger partial charge in [0, 0.05) is 12.6 Å². The van der Waals surface area contributed by atoms with Crippen molar-refractivity contribution in [2.75, 3.05) is 14.2 Å². The fourth-order valence-corrected chi connectivity index (χ4v) is 3.02. The van der Waals surface area contributed by atoms with Crippen LogP contribution >= 0.6 is 0 Å². The van der Waals surface area contributed by atoms with Gasteiger partial charge in [0.15, 0.2) is 0 Å². The summed E-state index contributed by atoms with van der Waals surface area (Å²) >= 11 is 0. The van der Waals surface area contributed by atoms with E-state index < -0.39 is 0 Å². The highest BCUT2D eigenvalue weighted by molar-refractivity contribution is 5.79. The van der Waals surface area contributed by atoms with E-state index in [1.54, 1.807) is 23.0 Å². The Labute approximate surface area is 159 Å². The van der Waals surface area contributed by atoms with Gasteiger partial charge < -0.3 is 9.64 Å². The van der Waals surface area contributed by atoms with Crippen LogP contribution in [0.4, 0.5) is 0 Å². The number of ether oxygens (including phenoxy) is 1. The Bertz CT molecular complexity index is 904. The van der Waals surface area contributed by atoms with Gasteiger partial charge in [-0.1, -0.05) is 29.8 Å². The number of aryl methyl sites for hydroxylation is 1. The van der Waals surface area contributed by atoms with Crippen LogP contribution in [-0.2, 0) is 11.2 Å². The molecule has 0 saturated heterocycles. The van der Waals surface area contributed by atoms with Crippen LogP contribution < -0.4 is 4.74 Å². The predicted octanol–water partition coefficient (Wildman–Crippen LogP) is 3.35. The van der Waals surface area contributed by atoms with Crippen LogP contribution in [-0.4, -0.2) is 39.7 Å². The number of methoxy groups -OCH3 is 1. The Morgan fingerprint density at radius 3 is 2.59 bits per heavy atom. The maximum absolute atomic E-state index is 12.8. The van der Waals surface area contributed by atoms with Crippen molar-refractivity contribution in [2.24, 2.45) is 0 Å². The third kappa shape index (κ3) is 4.16. The monoisotopic (exact) mass is 364 g/mol. The predicted molar refractivity (Wildman–Crippen MR) is 104 cm³/mol. The number of amides is 1. The molecule has 6 heteroatoms. The quantitative estimate of drug-likeness (QED) is 0.673. The first-order valence-corrected chi connectivity index (χ1v) is 8.83. The van der Waals surface area contributed by atoms with E-state index in [9.17, 15) is 4.79 Å². The van der Waals surface area contributed by atoms with Gasteiger partial charge in [-0.15, -0.1) is 0 Å². The topological polar surface area (TPSA) is 60.2 Å². The maximum Gasteiger partial charge on any atom is 0.227 e. The lowest BCUT2D eigenvalue weighted by Gasteiger charge is -2.26. The van der Waals surface area contributed by atoms with Crippen molar-refractivity contribution < 1.29 is 9.53 Å². The van der Waals surface area contributed by atoms with Gasteiger partial charge in [0.25, 0.3) is 0 Å². The standard InChI is InChI=1S/C21H24N4O2/c1-15-5-10-20(27-4)18(11-15)12-21(26)24(3)16(2)17-6-8-19(9-7-17)25-14-22-13-23-25/h5-11,13-14,16H,12H2,1-4H3/t16-/m1/s1. The van der Waals surface area contributed by atoms with Gasteiger partial charge >= 0.3 is 0 Å². The van der Waals surface area contributed by atoms with E-state index in [1.807, 2.05) is 63.4 Å². The van der Waals surface area contributed by atoms with Crippen LogP contribution in [0.25, 0.3) is 5.69 Å². The van der Waals surface area contributed by atoms with Gasteiger partial charge in [0.2, 0.25) is 5.91 Å². The molecule has 0 aliphatic rings. The summed E-state index contributed by atoms with van der Waals surface area (Å²) in [6, 6.07) is 13.8. The lowest BCUT2D eigenvalue weighted by molar-refractivity contribution is -0.131. The Balaban J connectivity index is 1.72. The highest BCUT2D eigenvalue weighted by Crippen LogP contribution is 2.24. The average Bonchev–Trinajstić information content (AvgIpc) is 3.22. The number of hydrogen-bond donors (Lipinski definition) is 0. The Morgan fingerprint density at radius 2 is 1.96 bits per heavy atom. The third-order valence-electron chi connectivity index (χ3n) is 4.81. The Kier molecular flexibility index (Phi) is 5.54. The van der Waals surface area contributed by atoms with Crippen molar-refractivity contribution in [3.63, 3.8) is 0 Å². The first kappa shape index (κ1) is 18.6. The lowest BCUT2D eigenvalue weighted by Crippen LogP contribution is -2.31. The highest BCUT2D eigenvalue weighted by Gasteiger charge is 2.19. The van der Waals surface area contributed by atoms with Crippen molar-refractivity contribution in [3.8, 4) is 11.4 Å². The van der Waals surface area contributed by atoms with E-state index in [4.69, 9.17) is 4.74 Å². The van der Waals surface area contributed by atoms with Gasteiger partial charge in [0.05, 0.1) is 25.3 Å². The van der Waals surface area contributed by atoms with Crippen LogP contribution in [0.2, 0.25) is 0 Å². The summed E-state index contributed by atoms with van der Waals surface area (Å²) < 4.78 is 7.09. The summed E-state index contributed by atoms with van der Waals surface area (Å²) in [5.74, 6) is 0.791. The van der Waals surface area contributed by atoms with Crippen LogP contribution in [0.3, 0.4) is 0 Å². The van der Waals surface area contributed by atoms with E-state index in [1.165, 1.54) is 6.33 Å². The van der Waals surface area contributed by atoms with Gasteiger partial charge in [-0.05, 0) is 37.6 Å². The SMILES string of the molecule is COc1ccc(C)cc1CC(=O)N(C)[C@H](C)c1ccc(-n2cncn2)cc1. The van der Waals surface area contributed by atoms with Gasteiger partial charge in [-0.2, -0.15) is 5.10 Å². The van der Waals surface area contributed by atoms with Gasteiger partial charge in [-0.3, -0.25) is 4.79 Å². The fraction of sp³-hybridized carbons (Fsp3) is 0.286. The smallest absolute Gasteiger partial charge is 0.227 e. The molecule has 0 saturated carbocycles. The number of nitrogens with zero attached hydrogens (tertiary/aromatic N) is 4. The van der Waals surface area contributed by atoms with Crippen molar-refractivity contribution >= 4 is 5.91 Å². The summed E-state index contributed by atoms with van der Waals surface area (Å²) in [5.41, 5.74) is 4.01. The Morgan fingerprint density at radius 1 is 1.22 bits per heavy atom. The maximum atomic E-state index is 12.8. The molecule has 27 heavy (non-hydrogen) atoms. The van der Waals surface area contributed by atoms with E-state index in [-0.39, 0.29) is 11.9 Å². The van der Waals surface area contributed by atoms with E-state index in [0.29, 0.717) is 6.42 Å². The molecule has 3 aromatic rings. The summed E-state index contributed by atoms with van der Waals surface area (Å²) in [7, 11) is 3.46. The number of carbonyl (C=O) groups excluding carboxylic acids is 1. The second-order valence-corrected chi connectivity index (χ2v) is 6.60. The van der Waals surface area contributed by atoms with Crippen molar-refractivity contribution in [3.05, 3.63) is 71.8 Å². The first-order chi connectivity index (χ1) is 13.0. The zero-order chi connectivity index (χ0) is 19.4. The van der Waals surface area contributed by atoms with E-state index in [2.05, 4.69) is 10.1 Å². The number of rotatable bonds is 6. The molecular formula is C21H24N4O2. The molecule has 3 rings (SSSR count). The molecule has 6 nitrogen and oxygen atoms in total. The molecule has 0 aliphatic heterocycles. The van der Waals surface area contributed by atoms with Crippen molar-refractivity contribution in [1.29, 1.82) is 0 Å². The normalized spacial score (nSPS) is 11.9. The largest absolute Gasteiger partial charge is 0.496 e. The number of likely N-dealkylation sites (N-methyl/N-ethyl adjacent to an activating group) is 1. The molecule has 0 aliphatic carbocycles. The summed E-state index contributed by atoms with van der Waals surface area (Å²) in [4.78, 5) is 18.5. The van der Waals surface area contributed by atoms with Crippen LogP contribution in [0.5, 0.6) is 5.75 Å². The Hall–Kier alpha value is -3.15. The number of carbonyl (C=O) groups is 1. The molecule has 1 heterocycles. The lowest BCUT2D eigenvalue weighted by atomic mass is 10.0. The molecule has 1 amide bonds. The average molecular weight is 364 g/mol. The summed E-state index contributed by atoms with van der Waals surface area (Å²) in [5, 5.41) is 4.12. The van der Waals surface area contributed by atoms with Crippen molar-refractivity contribution in [1.82, 2.24) is 19.7 Å². The summed E-state index contributed by atoms with van der Waals surface area (Å²) in [6.07, 6.45) is 3.47. The van der Waals surface area contributed by atoms with E-state index in [0.717, 1.165) is 28.1 Å². The number of hydrogen-bond acceptors (Lipinski definition) is 4. The number of aromatic nitrogens is 3. The van der Waals surface area contributed by atoms with Crippen LogP contribution in [0.15, 0.2) is 55.1 Å². The molecule has 0 N–H and O–H groups in total. The molecule has 1 atom stereocenters. The van der Waals surface area contributed by atoms with Crippen molar-refractivity contribution in [2.45, 2.75) is 26.3 Å². The zero-order valence-corrected chi connectivity index (χ0v) is 16.1. The minimum Gasteiger partial charge on any atom is -0.496 e. The van der Waals surface area contributed by atoms with Crippen LogP contribution in [0.1, 0.15) is 29.7 Å². The fourth-order valence-electron chi connectivity index (χ4n) is 3.02. The molecule has 2 aromatic carbocycles. The second-order valence-electron chi connectivity index (χ2n) is 6.60. The highest BCUT2D eigenvalue weighted by atomic mass is 16.5. The molecule has 0 radical (unpaired) electrons. The molecule has 0 fully saturated rings. The van der Waals surface area contributed by atoms with Gasteiger partial charge in [-0.25, -0.2) is 9.67 Å². The molecule has 1 aromatic heterocycles. The molecule has 0 unspecified atom stereocenters. The minimum atomic E-state index is -0.0434.